The molecule has 2 atom stereocenters. The molecule has 23 heavy (non-hydrogen) atoms. The molecule has 1 aromatic carbocycles. The number of hydrogen-bond donors (Lipinski definition) is 1. The van der Waals surface area contributed by atoms with Crippen LogP contribution in [-0.4, -0.2) is 30.4 Å². The minimum Gasteiger partial charge on any atom is -0.324 e. The van der Waals surface area contributed by atoms with Crippen molar-refractivity contribution in [2.45, 2.75) is 26.4 Å². The third-order valence-electron chi connectivity index (χ3n) is 3.88. The highest BCUT2D eigenvalue weighted by Crippen LogP contribution is 2.33. The van der Waals surface area contributed by atoms with Crippen molar-refractivity contribution in [2.75, 3.05) is 25.0 Å². The number of amides is 1. The summed E-state index contributed by atoms with van der Waals surface area (Å²) in [7, 11) is 0. The molecule has 3 nitrogen and oxygen atoms in total. The van der Waals surface area contributed by atoms with E-state index < -0.39 is 11.7 Å². The standard InChI is InChI=1S/C16H20ClF3N2O/c1-10-5-11(2)8-22(7-10)9-15(23)21-14-6-12(16(18,19)20)3-4-13(14)17/h3-4,6,10-11H,5,7-9H2,1-2H3,(H,21,23)/t10-,11-/m0/s1. The molecule has 0 unspecified atom stereocenters. The van der Waals surface area contributed by atoms with Crippen molar-refractivity contribution in [3.05, 3.63) is 28.8 Å². The van der Waals surface area contributed by atoms with Crippen LogP contribution in [0.25, 0.3) is 0 Å². The number of nitrogens with zero attached hydrogens (tertiary/aromatic N) is 1. The van der Waals surface area contributed by atoms with Crippen molar-refractivity contribution in [1.29, 1.82) is 0 Å². The minimum atomic E-state index is -4.47. The largest absolute Gasteiger partial charge is 0.416 e. The summed E-state index contributed by atoms with van der Waals surface area (Å²) in [6.07, 6.45) is -3.35. The van der Waals surface area contributed by atoms with Gasteiger partial charge >= 0.3 is 6.18 Å². The van der Waals surface area contributed by atoms with Gasteiger partial charge in [0.15, 0.2) is 0 Å². The molecule has 1 aliphatic heterocycles. The molecule has 7 heteroatoms. The van der Waals surface area contributed by atoms with Crippen LogP contribution >= 0.6 is 11.6 Å². The zero-order valence-corrected chi connectivity index (χ0v) is 13.8. The number of anilines is 1. The number of halogens is 4. The summed E-state index contributed by atoms with van der Waals surface area (Å²) < 4.78 is 38.2. The Balaban J connectivity index is 2.02. The second kappa shape index (κ2) is 7.09. The van der Waals surface area contributed by atoms with Crippen molar-refractivity contribution < 1.29 is 18.0 Å². The van der Waals surface area contributed by atoms with Gasteiger partial charge in [0.1, 0.15) is 0 Å². The first-order valence-corrected chi connectivity index (χ1v) is 7.92. The molecule has 128 valence electrons. The van der Waals surface area contributed by atoms with E-state index in [1.54, 1.807) is 0 Å². The van der Waals surface area contributed by atoms with Gasteiger partial charge in [0.25, 0.3) is 0 Å². The average Bonchev–Trinajstić information content (AvgIpc) is 2.38. The van der Waals surface area contributed by atoms with Crippen molar-refractivity contribution in [1.82, 2.24) is 4.90 Å². The SMILES string of the molecule is C[C@H]1C[C@H](C)CN(CC(=O)Nc2cc(C(F)(F)F)ccc2Cl)C1. The Kier molecular flexibility index (Phi) is 5.57. The second-order valence-electron chi connectivity index (χ2n) is 6.38. The molecule has 1 fully saturated rings. The zero-order valence-electron chi connectivity index (χ0n) is 13.1. The van der Waals surface area contributed by atoms with Crippen LogP contribution in [0, 0.1) is 11.8 Å². The van der Waals surface area contributed by atoms with E-state index in [-0.39, 0.29) is 23.2 Å². The summed E-state index contributed by atoms with van der Waals surface area (Å²) in [5, 5.41) is 2.58. The minimum absolute atomic E-state index is 0.00963. The van der Waals surface area contributed by atoms with Gasteiger partial charge in [0.2, 0.25) is 5.91 Å². The number of hydrogen-bond acceptors (Lipinski definition) is 2. The first-order valence-electron chi connectivity index (χ1n) is 7.54. The first-order chi connectivity index (χ1) is 10.6. The number of likely N-dealkylation sites (tertiary alicyclic amines) is 1. The van der Waals surface area contributed by atoms with E-state index in [1.165, 1.54) is 0 Å². The number of nitrogens with one attached hydrogen (secondary N) is 1. The van der Waals surface area contributed by atoms with E-state index in [1.807, 2.05) is 4.90 Å². The highest BCUT2D eigenvalue weighted by molar-refractivity contribution is 6.33. The Morgan fingerprint density at radius 3 is 2.48 bits per heavy atom. The summed E-state index contributed by atoms with van der Waals surface area (Å²) in [5.41, 5.74) is -0.845. The summed E-state index contributed by atoms with van der Waals surface area (Å²) in [4.78, 5) is 14.1. The Bertz CT molecular complexity index is 567. The van der Waals surface area contributed by atoms with Gasteiger partial charge in [-0.15, -0.1) is 0 Å². The fourth-order valence-corrected chi connectivity index (χ4v) is 3.28. The lowest BCUT2D eigenvalue weighted by molar-refractivity contribution is -0.137. The van der Waals surface area contributed by atoms with Gasteiger partial charge < -0.3 is 5.32 Å². The van der Waals surface area contributed by atoms with E-state index >= 15 is 0 Å². The van der Waals surface area contributed by atoms with Crippen molar-refractivity contribution in [3.63, 3.8) is 0 Å². The topological polar surface area (TPSA) is 32.3 Å². The first kappa shape index (κ1) is 18.1. The smallest absolute Gasteiger partial charge is 0.324 e. The number of carbonyl (C=O) groups is 1. The highest BCUT2D eigenvalue weighted by atomic mass is 35.5. The molecule has 0 bridgehead atoms. The lowest BCUT2D eigenvalue weighted by atomic mass is 9.92. The molecule has 1 heterocycles. The van der Waals surface area contributed by atoms with Gasteiger partial charge in [-0.25, -0.2) is 0 Å². The molecular weight excluding hydrogens is 329 g/mol. The van der Waals surface area contributed by atoms with Gasteiger partial charge in [-0.2, -0.15) is 13.2 Å². The van der Waals surface area contributed by atoms with Crippen LogP contribution in [-0.2, 0) is 11.0 Å². The lowest BCUT2D eigenvalue weighted by Crippen LogP contribution is -2.42. The average molecular weight is 349 g/mol. The van der Waals surface area contributed by atoms with Crippen LogP contribution in [0.4, 0.5) is 18.9 Å². The molecule has 1 aliphatic rings. The van der Waals surface area contributed by atoms with Crippen molar-refractivity contribution in [3.8, 4) is 0 Å². The maximum Gasteiger partial charge on any atom is 0.416 e. The van der Waals surface area contributed by atoms with Gasteiger partial charge in [0, 0.05) is 13.1 Å². The molecule has 1 aromatic rings. The number of carbonyl (C=O) groups excluding carboxylic acids is 1. The zero-order chi connectivity index (χ0) is 17.2. The number of benzene rings is 1. The monoisotopic (exact) mass is 348 g/mol. The third-order valence-corrected chi connectivity index (χ3v) is 4.21. The van der Waals surface area contributed by atoms with Gasteiger partial charge in [-0.3, -0.25) is 9.69 Å². The Hall–Kier alpha value is -1.27. The number of piperidine rings is 1. The molecule has 1 N–H and O–H groups in total. The fraction of sp³-hybridized carbons (Fsp3) is 0.562. The van der Waals surface area contributed by atoms with Crippen LogP contribution in [0.5, 0.6) is 0 Å². The van der Waals surface area contributed by atoms with Crippen LogP contribution in [0.1, 0.15) is 25.8 Å². The van der Waals surface area contributed by atoms with Gasteiger partial charge in [0.05, 0.1) is 22.8 Å². The Morgan fingerprint density at radius 1 is 1.30 bits per heavy atom. The molecule has 0 spiro atoms. The molecular formula is C16H20ClF3N2O. The predicted octanol–water partition coefficient (Wildman–Crippen LogP) is 4.28. The molecule has 0 radical (unpaired) electrons. The fourth-order valence-electron chi connectivity index (χ4n) is 3.11. The van der Waals surface area contributed by atoms with E-state index in [9.17, 15) is 18.0 Å². The highest BCUT2D eigenvalue weighted by Gasteiger charge is 2.31. The molecule has 1 saturated heterocycles. The predicted molar refractivity (Wildman–Crippen MR) is 84.5 cm³/mol. The maximum atomic E-state index is 12.7. The normalized spacial score (nSPS) is 22.9. The van der Waals surface area contributed by atoms with Gasteiger partial charge in [-0.1, -0.05) is 25.4 Å². The van der Waals surface area contributed by atoms with E-state index in [4.69, 9.17) is 11.6 Å². The number of rotatable bonds is 3. The lowest BCUT2D eigenvalue weighted by Gasteiger charge is -2.34. The maximum absolute atomic E-state index is 12.7. The van der Waals surface area contributed by atoms with Crippen LogP contribution < -0.4 is 5.32 Å². The van der Waals surface area contributed by atoms with Crippen LogP contribution in [0.3, 0.4) is 0 Å². The quantitative estimate of drug-likeness (QED) is 0.884. The Morgan fingerprint density at radius 2 is 1.91 bits per heavy atom. The van der Waals surface area contributed by atoms with Crippen molar-refractivity contribution in [2.24, 2.45) is 11.8 Å². The van der Waals surface area contributed by atoms with E-state index in [2.05, 4.69) is 19.2 Å². The third kappa shape index (κ3) is 5.11. The number of alkyl halides is 3. The van der Waals surface area contributed by atoms with Gasteiger partial charge in [-0.05, 0) is 36.5 Å². The van der Waals surface area contributed by atoms with E-state index in [0.29, 0.717) is 11.8 Å². The van der Waals surface area contributed by atoms with Crippen LogP contribution in [0.2, 0.25) is 5.02 Å². The second-order valence-corrected chi connectivity index (χ2v) is 6.79. The molecule has 1 amide bonds. The Labute approximate surface area is 138 Å². The summed E-state index contributed by atoms with van der Waals surface area (Å²) in [6.45, 7) is 6.04. The molecule has 0 saturated carbocycles. The summed E-state index contributed by atoms with van der Waals surface area (Å²) >= 11 is 5.88. The van der Waals surface area contributed by atoms with Crippen molar-refractivity contribution >= 4 is 23.2 Å². The summed E-state index contributed by atoms with van der Waals surface area (Å²) in [6, 6.07) is 2.90. The molecule has 0 aromatic heterocycles. The molecule has 0 aliphatic carbocycles. The molecule has 2 rings (SSSR count). The summed E-state index contributed by atoms with van der Waals surface area (Å²) in [5.74, 6) is 0.653. The van der Waals surface area contributed by atoms with Crippen LogP contribution in [0.15, 0.2) is 18.2 Å². The van der Waals surface area contributed by atoms with E-state index in [0.717, 1.165) is 37.7 Å².